The Labute approximate surface area is 133 Å². The third-order valence-electron chi connectivity index (χ3n) is 2.99. The van der Waals surface area contributed by atoms with Gasteiger partial charge in [-0.15, -0.1) is 0 Å². The second kappa shape index (κ2) is 7.48. The highest BCUT2D eigenvalue weighted by molar-refractivity contribution is 6.31. The van der Waals surface area contributed by atoms with E-state index in [4.69, 9.17) is 26.3 Å². The maximum atomic E-state index is 11.8. The molecule has 0 saturated heterocycles. The first-order valence-corrected chi connectivity index (χ1v) is 7.05. The van der Waals surface area contributed by atoms with Crippen molar-refractivity contribution in [1.29, 1.82) is 5.26 Å². The molecule has 0 N–H and O–H groups in total. The lowest BCUT2D eigenvalue weighted by atomic mass is 10.1. The van der Waals surface area contributed by atoms with Gasteiger partial charge in [0.25, 0.3) is 0 Å². The lowest BCUT2D eigenvalue weighted by Gasteiger charge is -2.15. The summed E-state index contributed by atoms with van der Waals surface area (Å²) in [5, 5.41) is 9.25. The van der Waals surface area contributed by atoms with Crippen molar-refractivity contribution in [1.82, 2.24) is 0 Å². The van der Waals surface area contributed by atoms with Crippen LogP contribution in [0.2, 0.25) is 5.02 Å². The van der Waals surface area contributed by atoms with Crippen molar-refractivity contribution in [2.75, 3.05) is 6.61 Å². The maximum Gasteiger partial charge on any atom is 0.344 e. The molecular weight excluding hydrogens is 302 g/mol. The van der Waals surface area contributed by atoms with Crippen LogP contribution in [0.3, 0.4) is 0 Å². The first-order valence-electron chi connectivity index (χ1n) is 6.67. The monoisotopic (exact) mass is 315 g/mol. The van der Waals surface area contributed by atoms with E-state index in [0.29, 0.717) is 16.3 Å². The van der Waals surface area contributed by atoms with Gasteiger partial charge in [0.05, 0.1) is 11.6 Å². The average Bonchev–Trinajstić information content (AvgIpc) is 2.53. The number of esters is 1. The van der Waals surface area contributed by atoms with Gasteiger partial charge in [-0.3, -0.25) is 0 Å². The molecule has 2 aromatic rings. The second-order valence-electron chi connectivity index (χ2n) is 4.58. The highest BCUT2D eigenvalue weighted by Gasteiger charge is 2.14. The molecule has 0 heterocycles. The van der Waals surface area contributed by atoms with Crippen molar-refractivity contribution in [3.05, 3.63) is 64.7 Å². The highest BCUT2D eigenvalue weighted by Crippen LogP contribution is 2.25. The van der Waals surface area contributed by atoms with Crippen LogP contribution < -0.4 is 4.74 Å². The number of carbonyl (C=O) groups excluding carboxylic acids is 1. The molecule has 0 aliphatic heterocycles. The maximum absolute atomic E-state index is 11.8. The lowest BCUT2D eigenvalue weighted by molar-refractivity contribution is -0.151. The van der Waals surface area contributed by atoms with Crippen LogP contribution in [-0.2, 0) is 9.53 Å². The van der Waals surface area contributed by atoms with E-state index in [1.165, 1.54) is 0 Å². The Morgan fingerprint density at radius 1 is 1.23 bits per heavy atom. The fourth-order valence-electron chi connectivity index (χ4n) is 1.87. The summed E-state index contributed by atoms with van der Waals surface area (Å²) in [4.78, 5) is 11.8. The molecule has 0 unspecified atom stereocenters. The zero-order chi connectivity index (χ0) is 15.9. The molecule has 0 aliphatic rings. The number of ether oxygens (including phenoxy) is 2. The number of nitrogens with zero attached hydrogens (tertiary/aromatic N) is 1. The Balaban J connectivity index is 1.87. The van der Waals surface area contributed by atoms with E-state index in [2.05, 4.69) is 0 Å². The normalized spacial score (nSPS) is 11.3. The van der Waals surface area contributed by atoms with Gasteiger partial charge in [-0.2, -0.15) is 5.26 Å². The SMILES string of the molecule is C[C@H](OC(=O)COc1ccc(C#N)cc1)c1ccccc1Cl. The molecule has 0 radical (unpaired) electrons. The molecule has 2 aromatic carbocycles. The van der Waals surface area contributed by atoms with E-state index in [1.54, 1.807) is 37.3 Å². The van der Waals surface area contributed by atoms with Gasteiger partial charge >= 0.3 is 5.97 Å². The number of rotatable bonds is 5. The second-order valence-corrected chi connectivity index (χ2v) is 4.99. The average molecular weight is 316 g/mol. The summed E-state index contributed by atoms with van der Waals surface area (Å²) in [5.41, 5.74) is 1.28. The van der Waals surface area contributed by atoms with Crippen LogP contribution in [0.1, 0.15) is 24.2 Å². The summed E-state index contributed by atoms with van der Waals surface area (Å²) in [6.07, 6.45) is -0.453. The third-order valence-corrected chi connectivity index (χ3v) is 3.34. The van der Waals surface area contributed by atoms with E-state index in [1.807, 2.05) is 24.3 Å². The van der Waals surface area contributed by atoms with Crippen molar-refractivity contribution in [2.45, 2.75) is 13.0 Å². The predicted molar refractivity (Wildman–Crippen MR) is 82.6 cm³/mol. The zero-order valence-corrected chi connectivity index (χ0v) is 12.7. The number of hydrogen-bond donors (Lipinski definition) is 0. The molecule has 0 amide bonds. The van der Waals surface area contributed by atoms with Crippen molar-refractivity contribution in [3.8, 4) is 11.8 Å². The van der Waals surface area contributed by atoms with Crippen molar-refractivity contribution >= 4 is 17.6 Å². The van der Waals surface area contributed by atoms with Crippen LogP contribution >= 0.6 is 11.6 Å². The number of nitriles is 1. The molecule has 0 bridgehead atoms. The van der Waals surface area contributed by atoms with Gasteiger partial charge in [0.1, 0.15) is 11.9 Å². The van der Waals surface area contributed by atoms with Gasteiger partial charge in [-0.1, -0.05) is 29.8 Å². The number of benzene rings is 2. The zero-order valence-electron chi connectivity index (χ0n) is 12.0. The van der Waals surface area contributed by atoms with Crippen molar-refractivity contribution in [2.24, 2.45) is 0 Å². The van der Waals surface area contributed by atoms with Gasteiger partial charge in [0.2, 0.25) is 0 Å². The lowest BCUT2D eigenvalue weighted by Crippen LogP contribution is -2.17. The van der Waals surface area contributed by atoms with Crippen LogP contribution in [0.25, 0.3) is 0 Å². The van der Waals surface area contributed by atoms with Crippen LogP contribution in [0.5, 0.6) is 5.75 Å². The molecule has 0 spiro atoms. The number of hydrogen-bond acceptors (Lipinski definition) is 4. The van der Waals surface area contributed by atoms with Crippen LogP contribution in [0.4, 0.5) is 0 Å². The Morgan fingerprint density at radius 2 is 1.91 bits per heavy atom. The fourth-order valence-corrected chi connectivity index (χ4v) is 2.16. The summed E-state index contributed by atoms with van der Waals surface area (Å²) in [7, 11) is 0. The van der Waals surface area contributed by atoms with Crippen LogP contribution in [-0.4, -0.2) is 12.6 Å². The third kappa shape index (κ3) is 4.24. The summed E-state index contributed by atoms with van der Waals surface area (Å²) >= 11 is 6.06. The smallest absolute Gasteiger partial charge is 0.344 e. The first-order chi connectivity index (χ1) is 10.6. The number of carbonyl (C=O) groups is 1. The van der Waals surface area contributed by atoms with E-state index >= 15 is 0 Å². The molecule has 2 rings (SSSR count). The molecular formula is C17H14ClNO3. The summed E-state index contributed by atoms with van der Waals surface area (Å²) in [6.45, 7) is 1.54. The minimum atomic E-state index is -0.489. The van der Waals surface area contributed by atoms with E-state index in [0.717, 1.165) is 5.56 Å². The van der Waals surface area contributed by atoms with Gasteiger partial charge < -0.3 is 9.47 Å². The van der Waals surface area contributed by atoms with E-state index in [-0.39, 0.29) is 6.61 Å². The van der Waals surface area contributed by atoms with Crippen molar-refractivity contribution < 1.29 is 14.3 Å². The standard InChI is InChI=1S/C17H14ClNO3/c1-12(15-4-2-3-5-16(15)18)22-17(20)11-21-14-8-6-13(10-19)7-9-14/h2-9,12H,11H2,1H3/t12-/m0/s1. The Bertz CT molecular complexity index is 692. The van der Waals surface area contributed by atoms with Gasteiger partial charge in [-0.05, 0) is 37.3 Å². The quantitative estimate of drug-likeness (QED) is 0.785. The van der Waals surface area contributed by atoms with Crippen LogP contribution in [0.15, 0.2) is 48.5 Å². The molecule has 0 aliphatic carbocycles. The van der Waals surface area contributed by atoms with Gasteiger partial charge in [-0.25, -0.2) is 4.79 Å². The highest BCUT2D eigenvalue weighted by atomic mass is 35.5. The minimum Gasteiger partial charge on any atom is -0.482 e. The Morgan fingerprint density at radius 3 is 2.55 bits per heavy atom. The van der Waals surface area contributed by atoms with E-state index in [9.17, 15) is 4.79 Å². The molecule has 4 nitrogen and oxygen atoms in total. The molecule has 22 heavy (non-hydrogen) atoms. The predicted octanol–water partition coefficient (Wildman–Crippen LogP) is 3.89. The summed E-state index contributed by atoms with van der Waals surface area (Å²) in [5.74, 6) is 0.0122. The molecule has 0 saturated carbocycles. The van der Waals surface area contributed by atoms with Gasteiger partial charge in [0, 0.05) is 10.6 Å². The molecule has 0 aromatic heterocycles. The Kier molecular flexibility index (Phi) is 5.40. The van der Waals surface area contributed by atoms with Gasteiger partial charge in [0.15, 0.2) is 6.61 Å². The van der Waals surface area contributed by atoms with E-state index < -0.39 is 12.1 Å². The van der Waals surface area contributed by atoms with Crippen molar-refractivity contribution in [3.63, 3.8) is 0 Å². The van der Waals surface area contributed by atoms with Crippen LogP contribution in [0, 0.1) is 11.3 Å². The number of halogens is 1. The molecule has 112 valence electrons. The Hall–Kier alpha value is -2.51. The largest absolute Gasteiger partial charge is 0.482 e. The fraction of sp³-hybridized carbons (Fsp3) is 0.176. The molecule has 0 fully saturated rings. The minimum absolute atomic E-state index is 0.208. The summed E-state index contributed by atoms with van der Waals surface area (Å²) < 4.78 is 10.6. The molecule has 5 heteroatoms. The first kappa shape index (κ1) is 15.9. The topological polar surface area (TPSA) is 59.3 Å². The summed E-state index contributed by atoms with van der Waals surface area (Å²) in [6, 6.07) is 15.7. The molecule has 1 atom stereocenters.